The van der Waals surface area contributed by atoms with Crippen LogP contribution in [0.15, 0.2) is 4.99 Å². The summed E-state index contributed by atoms with van der Waals surface area (Å²) in [5.41, 5.74) is -0.586. The number of piperidine rings is 1. The smallest absolute Gasteiger partial charge is 0.413 e. The topological polar surface area (TPSA) is 83.5 Å². The van der Waals surface area contributed by atoms with Crippen molar-refractivity contribution in [2.45, 2.75) is 64.1 Å². The van der Waals surface area contributed by atoms with Crippen molar-refractivity contribution < 1.29 is 19.1 Å². The first kappa shape index (κ1) is 19.9. The molecule has 8 nitrogen and oxygen atoms in total. The van der Waals surface area contributed by atoms with Gasteiger partial charge in [0, 0.05) is 33.4 Å². The summed E-state index contributed by atoms with van der Waals surface area (Å²) < 4.78 is 10.8. The number of hydrogen-bond acceptors (Lipinski definition) is 5. The van der Waals surface area contributed by atoms with E-state index in [0.717, 1.165) is 38.9 Å². The number of ether oxygens (including phenoxy) is 2. The van der Waals surface area contributed by atoms with E-state index in [1.54, 1.807) is 4.90 Å². The van der Waals surface area contributed by atoms with Crippen LogP contribution in [0.1, 0.15) is 46.5 Å². The van der Waals surface area contributed by atoms with E-state index in [4.69, 9.17) is 14.5 Å². The number of nitrogens with one attached hydrogen (secondary N) is 1. The first-order valence-corrected chi connectivity index (χ1v) is 9.90. The van der Waals surface area contributed by atoms with Crippen LogP contribution in [-0.2, 0) is 9.47 Å². The van der Waals surface area contributed by atoms with Gasteiger partial charge in [0.2, 0.25) is 0 Å². The van der Waals surface area contributed by atoms with Crippen molar-refractivity contribution in [3.05, 3.63) is 0 Å². The van der Waals surface area contributed by atoms with Crippen LogP contribution >= 0.6 is 0 Å². The highest BCUT2D eigenvalue weighted by Gasteiger charge is 2.44. The number of amidine groups is 1. The molecule has 0 spiro atoms. The molecule has 3 aliphatic heterocycles. The number of aliphatic imine (C=N–C) groups is 1. The first-order chi connectivity index (χ1) is 12.7. The minimum absolute atomic E-state index is 0.00672. The predicted molar refractivity (Wildman–Crippen MR) is 102 cm³/mol. The summed E-state index contributed by atoms with van der Waals surface area (Å²) in [5.74, 6) is 1.00. The lowest BCUT2D eigenvalue weighted by atomic mass is 9.98. The van der Waals surface area contributed by atoms with Crippen molar-refractivity contribution in [2.24, 2.45) is 10.9 Å². The van der Waals surface area contributed by atoms with Gasteiger partial charge in [-0.05, 0) is 52.4 Å². The fraction of sp³-hybridized carbons (Fsp3) is 0.842. The van der Waals surface area contributed by atoms with E-state index in [1.165, 1.54) is 0 Å². The average Bonchev–Trinajstić information content (AvgIpc) is 2.83. The summed E-state index contributed by atoms with van der Waals surface area (Å²) >= 11 is 0. The van der Waals surface area contributed by atoms with Crippen LogP contribution in [0.5, 0.6) is 0 Å². The number of amides is 3. The van der Waals surface area contributed by atoms with E-state index in [0.29, 0.717) is 24.8 Å². The summed E-state index contributed by atoms with van der Waals surface area (Å²) in [4.78, 5) is 33.3. The van der Waals surface area contributed by atoms with Crippen LogP contribution in [0.4, 0.5) is 9.59 Å². The highest BCUT2D eigenvalue weighted by atomic mass is 16.6. The standard InChI is InChI=1S/C19H32N4O4/c1-19(2,3)27-17(24)21-16(20-11-13-7-9-26-10-8-13)15-6-5-14-12-23(15)18(25)22(14)4/h13-15H,5-12H2,1-4H3,(H,20,21,24)/t14-,15+/m1/s1. The van der Waals surface area contributed by atoms with Gasteiger partial charge in [0.15, 0.2) is 0 Å². The summed E-state index contributed by atoms with van der Waals surface area (Å²) in [6, 6.07) is 0.0605. The molecular formula is C19H32N4O4. The second-order valence-corrected chi connectivity index (χ2v) is 8.70. The van der Waals surface area contributed by atoms with Gasteiger partial charge in [-0.2, -0.15) is 0 Å². The van der Waals surface area contributed by atoms with Gasteiger partial charge in [0.05, 0.1) is 12.1 Å². The third-order valence-corrected chi connectivity index (χ3v) is 5.46. The monoisotopic (exact) mass is 380 g/mol. The van der Waals surface area contributed by atoms with Crippen molar-refractivity contribution >= 4 is 18.0 Å². The van der Waals surface area contributed by atoms with Gasteiger partial charge in [-0.1, -0.05) is 0 Å². The predicted octanol–water partition coefficient (Wildman–Crippen LogP) is 2.23. The fourth-order valence-corrected chi connectivity index (χ4v) is 3.92. The lowest BCUT2D eigenvalue weighted by molar-refractivity contribution is 0.0556. The molecule has 3 amide bonds. The van der Waals surface area contributed by atoms with Gasteiger partial charge in [0.25, 0.3) is 0 Å². The van der Waals surface area contributed by atoms with Crippen LogP contribution in [-0.4, -0.2) is 78.8 Å². The van der Waals surface area contributed by atoms with E-state index < -0.39 is 11.7 Å². The maximum Gasteiger partial charge on any atom is 0.413 e. The molecule has 3 heterocycles. The van der Waals surface area contributed by atoms with Crippen molar-refractivity contribution in [3.8, 4) is 0 Å². The fourth-order valence-electron chi connectivity index (χ4n) is 3.92. The molecule has 0 aromatic rings. The quantitative estimate of drug-likeness (QED) is 0.601. The van der Waals surface area contributed by atoms with Crippen LogP contribution in [0.25, 0.3) is 0 Å². The van der Waals surface area contributed by atoms with Gasteiger partial charge in [-0.25, -0.2) is 9.59 Å². The Hall–Kier alpha value is -1.83. The molecule has 0 aromatic heterocycles. The summed E-state index contributed by atoms with van der Waals surface area (Å²) in [5, 5.41) is 2.85. The van der Waals surface area contributed by atoms with Crippen LogP contribution in [0.2, 0.25) is 0 Å². The zero-order valence-corrected chi connectivity index (χ0v) is 16.9. The average molecular weight is 380 g/mol. The van der Waals surface area contributed by atoms with Crippen LogP contribution in [0.3, 0.4) is 0 Å². The Bertz CT molecular complexity index is 595. The molecule has 0 aromatic carbocycles. The normalized spacial score (nSPS) is 27.1. The number of nitrogens with zero attached hydrogens (tertiary/aromatic N) is 3. The molecule has 152 valence electrons. The molecule has 3 rings (SSSR count). The number of alkyl carbamates (subject to hydrolysis) is 1. The molecule has 0 unspecified atom stereocenters. The van der Waals surface area contributed by atoms with Gasteiger partial charge in [0.1, 0.15) is 11.4 Å². The highest BCUT2D eigenvalue weighted by Crippen LogP contribution is 2.29. The number of hydrogen-bond donors (Lipinski definition) is 1. The number of likely N-dealkylation sites (N-methyl/N-ethyl adjacent to an activating group) is 1. The molecule has 3 saturated heterocycles. The highest BCUT2D eigenvalue weighted by molar-refractivity contribution is 6.00. The maximum absolute atomic E-state index is 12.6. The Morgan fingerprint density at radius 2 is 1.96 bits per heavy atom. The molecular weight excluding hydrogens is 348 g/mol. The largest absolute Gasteiger partial charge is 0.444 e. The second kappa shape index (κ2) is 8.04. The van der Waals surface area contributed by atoms with Gasteiger partial charge in [-0.3, -0.25) is 10.3 Å². The molecule has 2 atom stereocenters. The Morgan fingerprint density at radius 3 is 2.63 bits per heavy atom. The molecule has 27 heavy (non-hydrogen) atoms. The Labute approximate surface area is 161 Å². The minimum Gasteiger partial charge on any atom is -0.444 e. The maximum atomic E-state index is 12.6. The van der Waals surface area contributed by atoms with E-state index in [9.17, 15) is 9.59 Å². The number of urea groups is 1. The molecule has 1 N–H and O–H groups in total. The molecule has 0 radical (unpaired) electrons. The van der Waals surface area contributed by atoms with E-state index in [2.05, 4.69) is 5.32 Å². The Kier molecular flexibility index (Phi) is 5.93. The SMILES string of the molecule is CN1C(=O)N2C[C@H]1CC[C@H]2C(=NCC1CCOCC1)NC(=O)OC(C)(C)C. The molecule has 3 aliphatic rings. The molecule has 0 aliphatic carbocycles. The second-order valence-electron chi connectivity index (χ2n) is 8.70. The van der Waals surface area contributed by atoms with Crippen molar-refractivity contribution in [1.29, 1.82) is 0 Å². The Balaban J connectivity index is 1.74. The molecule has 3 fully saturated rings. The van der Waals surface area contributed by atoms with E-state index >= 15 is 0 Å². The summed E-state index contributed by atoms with van der Waals surface area (Å²) in [6.45, 7) is 8.32. The minimum atomic E-state index is -0.586. The molecule has 8 heteroatoms. The van der Waals surface area contributed by atoms with Gasteiger partial charge < -0.3 is 19.3 Å². The van der Waals surface area contributed by atoms with Crippen LogP contribution in [0, 0.1) is 5.92 Å². The van der Waals surface area contributed by atoms with Crippen molar-refractivity contribution in [3.63, 3.8) is 0 Å². The number of carbonyl (C=O) groups is 2. The lowest BCUT2D eigenvalue weighted by Crippen LogP contribution is -2.52. The van der Waals surface area contributed by atoms with E-state index in [1.807, 2.05) is 32.7 Å². The third kappa shape index (κ3) is 4.91. The first-order valence-electron chi connectivity index (χ1n) is 9.90. The van der Waals surface area contributed by atoms with Crippen molar-refractivity contribution in [2.75, 3.05) is 33.4 Å². The van der Waals surface area contributed by atoms with Crippen molar-refractivity contribution in [1.82, 2.24) is 15.1 Å². The molecule has 0 saturated carbocycles. The lowest BCUT2D eigenvalue weighted by Gasteiger charge is -2.32. The Morgan fingerprint density at radius 1 is 1.26 bits per heavy atom. The van der Waals surface area contributed by atoms with E-state index in [-0.39, 0.29) is 18.1 Å². The zero-order chi connectivity index (χ0) is 19.6. The number of carbonyl (C=O) groups excluding carboxylic acids is 2. The summed E-state index contributed by atoms with van der Waals surface area (Å²) in [6.07, 6.45) is 3.14. The van der Waals surface area contributed by atoms with Gasteiger partial charge >= 0.3 is 12.1 Å². The zero-order valence-electron chi connectivity index (χ0n) is 16.9. The molecule has 2 bridgehead atoms. The third-order valence-electron chi connectivity index (χ3n) is 5.46. The van der Waals surface area contributed by atoms with Gasteiger partial charge in [-0.15, -0.1) is 0 Å². The number of rotatable bonds is 3. The summed E-state index contributed by atoms with van der Waals surface area (Å²) in [7, 11) is 1.84. The number of fused-ring (bicyclic) bond motifs is 2. The van der Waals surface area contributed by atoms with Crippen LogP contribution < -0.4 is 5.32 Å².